The molecule has 1 saturated heterocycles. The standard InChI is InChI=1S/C23H27F3N4O2/c1-2-27-22(29-15-18-9-5-6-11-20(18)32-23(24,25)26)28-14-17-8-3-4-10-19(17)16-30-13-7-12-21(30)31/h3-6,8-11H,2,7,12-16H2,1H3,(H2,27,28,29). The number of amides is 1. The van der Waals surface area contributed by atoms with Gasteiger partial charge in [-0.25, -0.2) is 4.99 Å². The smallest absolute Gasteiger partial charge is 0.405 e. The topological polar surface area (TPSA) is 66.0 Å². The number of halogens is 3. The molecule has 0 atom stereocenters. The lowest BCUT2D eigenvalue weighted by Crippen LogP contribution is -2.37. The van der Waals surface area contributed by atoms with Gasteiger partial charge in [0.1, 0.15) is 5.75 Å². The molecule has 32 heavy (non-hydrogen) atoms. The van der Waals surface area contributed by atoms with Crippen LogP contribution in [0.2, 0.25) is 0 Å². The molecule has 0 radical (unpaired) electrons. The molecule has 0 aromatic heterocycles. The van der Waals surface area contributed by atoms with Crippen molar-refractivity contribution in [2.75, 3.05) is 13.1 Å². The van der Waals surface area contributed by atoms with Crippen LogP contribution in [0.1, 0.15) is 36.5 Å². The summed E-state index contributed by atoms with van der Waals surface area (Å²) in [4.78, 5) is 18.2. The lowest BCUT2D eigenvalue weighted by molar-refractivity contribution is -0.274. The fourth-order valence-corrected chi connectivity index (χ4v) is 3.50. The summed E-state index contributed by atoms with van der Waals surface area (Å²) in [7, 11) is 0. The lowest BCUT2D eigenvalue weighted by atomic mass is 10.1. The normalized spacial score (nSPS) is 14.6. The highest BCUT2D eigenvalue weighted by atomic mass is 19.4. The second-order valence-electron chi connectivity index (χ2n) is 7.39. The number of alkyl halides is 3. The van der Waals surface area contributed by atoms with Crippen molar-refractivity contribution in [1.29, 1.82) is 0 Å². The first kappa shape index (κ1) is 23.4. The lowest BCUT2D eigenvalue weighted by Gasteiger charge is -2.19. The molecule has 1 aliphatic rings. The molecule has 1 heterocycles. The zero-order chi connectivity index (χ0) is 23.0. The van der Waals surface area contributed by atoms with Gasteiger partial charge >= 0.3 is 6.36 Å². The summed E-state index contributed by atoms with van der Waals surface area (Å²) in [6, 6.07) is 13.8. The zero-order valence-electron chi connectivity index (χ0n) is 17.9. The summed E-state index contributed by atoms with van der Waals surface area (Å²) in [5.41, 5.74) is 2.41. The Labute approximate surface area is 185 Å². The van der Waals surface area contributed by atoms with E-state index in [0.29, 0.717) is 37.6 Å². The van der Waals surface area contributed by atoms with Gasteiger partial charge in [0.05, 0.1) is 6.54 Å². The minimum atomic E-state index is -4.76. The van der Waals surface area contributed by atoms with Crippen molar-refractivity contribution in [3.63, 3.8) is 0 Å². The van der Waals surface area contributed by atoms with Crippen molar-refractivity contribution in [2.45, 2.75) is 45.8 Å². The number of carbonyl (C=O) groups is 1. The maximum Gasteiger partial charge on any atom is 0.573 e. The third-order valence-corrected chi connectivity index (χ3v) is 5.05. The number of hydrogen-bond donors (Lipinski definition) is 2. The van der Waals surface area contributed by atoms with Gasteiger partial charge in [-0.15, -0.1) is 13.2 Å². The molecule has 0 spiro atoms. The summed E-state index contributed by atoms with van der Waals surface area (Å²) < 4.78 is 42.0. The van der Waals surface area contributed by atoms with Crippen LogP contribution in [-0.2, 0) is 24.4 Å². The van der Waals surface area contributed by atoms with Crippen LogP contribution in [0.5, 0.6) is 5.75 Å². The van der Waals surface area contributed by atoms with E-state index in [2.05, 4.69) is 20.4 Å². The van der Waals surface area contributed by atoms with Gasteiger partial charge in [0.2, 0.25) is 5.91 Å². The molecular formula is C23H27F3N4O2. The summed E-state index contributed by atoms with van der Waals surface area (Å²) >= 11 is 0. The number of aliphatic imine (C=N–C) groups is 1. The Morgan fingerprint density at radius 2 is 1.75 bits per heavy atom. The van der Waals surface area contributed by atoms with Crippen molar-refractivity contribution < 1.29 is 22.7 Å². The summed E-state index contributed by atoms with van der Waals surface area (Å²) in [5.74, 6) is 0.379. The second-order valence-corrected chi connectivity index (χ2v) is 7.39. The highest BCUT2D eigenvalue weighted by Crippen LogP contribution is 2.26. The number of rotatable bonds is 8. The number of guanidine groups is 1. The molecule has 1 amide bonds. The SMILES string of the molecule is CCNC(=NCc1ccccc1OC(F)(F)F)NCc1ccccc1CN1CCCC1=O. The van der Waals surface area contributed by atoms with Crippen molar-refractivity contribution in [3.8, 4) is 5.75 Å². The Bertz CT molecular complexity index is 947. The molecule has 172 valence electrons. The molecule has 0 unspecified atom stereocenters. The number of para-hydroxylation sites is 1. The van der Waals surface area contributed by atoms with Crippen LogP contribution in [0.4, 0.5) is 13.2 Å². The molecule has 1 fully saturated rings. The maximum atomic E-state index is 12.6. The first-order valence-electron chi connectivity index (χ1n) is 10.6. The van der Waals surface area contributed by atoms with E-state index in [1.165, 1.54) is 12.1 Å². The Balaban J connectivity index is 1.68. The van der Waals surface area contributed by atoms with E-state index in [9.17, 15) is 18.0 Å². The molecule has 2 N–H and O–H groups in total. The van der Waals surface area contributed by atoms with Gasteiger partial charge in [-0.05, 0) is 30.5 Å². The van der Waals surface area contributed by atoms with Crippen molar-refractivity contribution >= 4 is 11.9 Å². The Morgan fingerprint density at radius 1 is 1.06 bits per heavy atom. The summed E-state index contributed by atoms with van der Waals surface area (Å²) in [5, 5.41) is 6.33. The minimum absolute atomic E-state index is 0.0194. The summed E-state index contributed by atoms with van der Waals surface area (Å²) in [6.45, 7) is 4.31. The number of likely N-dealkylation sites (tertiary alicyclic amines) is 1. The van der Waals surface area contributed by atoms with Gasteiger partial charge in [-0.2, -0.15) is 0 Å². The van der Waals surface area contributed by atoms with E-state index < -0.39 is 6.36 Å². The van der Waals surface area contributed by atoms with Gasteiger partial charge in [-0.1, -0.05) is 42.5 Å². The Kier molecular flexibility index (Phi) is 7.97. The largest absolute Gasteiger partial charge is 0.573 e. The van der Waals surface area contributed by atoms with Gasteiger partial charge < -0.3 is 20.3 Å². The van der Waals surface area contributed by atoms with Crippen LogP contribution < -0.4 is 15.4 Å². The number of benzene rings is 2. The predicted octanol–water partition coefficient (Wildman–Crippen LogP) is 3.96. The molecule has 0 bridgehead atoms. The average molecular weight is 448 g/mol. The Hall–Kier alpha value is -3.23. The molecule has 0 aliphatic carbocycles. The van der Waals surface area contributed by atoms with Crippen molar-refractivity contribution in [2.24, 2.45) is 4.99 Å². The molecular weight excluding hydrogens is 421 g/mol. The molecule has 2 aromatic carbocycles. The first-order chi connectivity index (χ1) is 15.4. The number of nitrogens with one attached hydrogen (secondary N) is 2. The maximum absolute atomic E-state index is 12.6. The highest BCUT2D eigenvalue weighted by molar-refractivity contribution is 5.80. The van der Waals surface area contributed by atoms with E-state index in [0.717, 1.165) is 24.1 Å². The van der Waals surface area contributed by atoms with Crippen LogP contribution >= 0.6 is 0 Å². The van der Waals surface area contributed by atoms with Gasteiger partial charge in [-0.3, -0.25) is 4.79 Å². The van der Waals surface area contributed by atoms with Crippen molar-refractivity contribution in [1.82, 2.24) is 15.5 Å². The van der Waals surface area contributed by atoms with Gasteiger partial charge in [0.15, 0.2) is 5.96 Å². The van der Waals surface area contributed by atoms with E-state index in [1.807, 2.05) is 36.1 Å². The second kappa shape index (κ2) is 10.9. The van der Waals surface area contributed by atoms with Crippen LogP contribution in [0.15, 0.2) is 53.5 Å². The van der Waals surface area contributed by atoms with Crippen LogP contribution in [0.3, 0.4) is 0 Å². The van der Waals surface area contributed by atoms with Crippen LogP contribution in [0.25, 0.3) is 0 Å². The zero-order valence-corrected chi connectivity index (χ0v) is 17.9. The fraction of sp³-hybridized carbons (Fsp3) is 0.391. The average Bonchev–Trinajstić information content (AvgIpc) is 3.15. The Morgan fingerprint density at radius 3 is 2.41 bits per heavy atom. The van der Waals surface area contributed by atoms with E-state index >= 15 is 0 Å². The van der Waals surface area contributed by atoms with E-state index in [-0.39, 0.29) is 18.2 Å². The van der Waals surface area contributed by atoms with Crippen LogP contribution in [-0.4, -0.2) is 36.2 Å². The number of nitrogens with zero attached hydrogens (tertiary/aromatic N) is 2. The predicted molar refractivity (Wildman–Crippen MR) is 116 cm³/mol. The third kappa shape index (κ3) is 6.90. The fourth-order valence-electron chi connectivity index (χ4n) is 3.50. The molecule has 9 heteroatoms. The van der Waals surface area contributed by atoms with E-state index in [1.54, 1.807) is 12.1 Å². The minimum Gasteiger partial charge on any atom is -0.405 e. The monoisotopic (exact) mass is 448 g/mol. The first-order valence-corrected chi connectivity index (χ1v) is 10.6. The highest BCUT2D eigenvalue weighted by Gasteiger charge is 2.32. The van der Waals surface area contributed by atoms with Crippen molar-refractivity contribution in [3.05, 3.63) is 65.2 Å². The molecule has 0 saturated carbocycles. The van der Waals surface area contributed by atoms with Gasteiger partial charge in [0, 0.05) is 38.2 Å². The van der Waals surface area contributed by atoms with E-state index in [4.69, 9.17) is 0 Å². The molecule has 6 nitrogen and oxygen atoms in total. The number of hydrogen-bond acceptors (Lipinski definition) is 3. The molecule has 1 aliphatic heterocycles. The van der Waals surface area contributed by atoms with Crippen LogP contribution in [0, 0.1) is 0 Å². The number of ether oxygens (including phenoxy) is 1. The molecule has 3 rings (SSSR count). The molecule has 2 aromatic rings. The third-order valence-electron chi connectivity index (χ3n) is 5.05. The summed E-state index contributed by atoms with van der Waals surface area (Å²) in [6.07, 6.45) is -3.28. The van der Waals surface area contributed by atoms with Gasteiger partial charge in [0.25, 0.3) is 0 Å². The quantitative estimate of drug-likeness (QED) is 0.474. The number of carbonyl (C=O) groups excluding carboxylic acids is 1.